The number of nitrogens with two attached hydrogens (primary N) is 2. The van der Waals surface area contributed by atoms with E-state index in [9.17, 15) is 156 Å². The summed E-state index contributed by atoms with van der Waals surface area (Å²) in [7, 11) is -5.54. The second-order valence-electron chi connectivity index (χ2n) is 28.2. The maximum atomic E-state index is 13.6. The summed E-state index contributed by atoms with van der Waals surface area (Å²) in [5.74, 6) is -9.95. The molecule has 0 aromatic carbocycles. The maximum absolute atomic E-state index is 13.6. The Balaban J connectivity index is 1.19. The molecule has 54 nitrogen and oxygen atoms in total. The van der Waals surface area contributed by atoms with Crippen molar-refractivity contribution >= 4 is 37.5 Å². The number of phosphoric acid groups is 1. The average molecular weight is 1740 g/mol. The summed E-state index contributed by atoms with van der Waals surface area (Å²) in [6.07, 6.45) is -92.0. The number of esters is 2. The van der Waals surface area contributed by atoms with Gasteiger partial charge in [-0.15, -0.1) is 0 Å². The van der Waals surface area contributed by atoms with E-state index >= 15 is 0 Å². The Morgan fingerprint density at radius 1 is 0.462 bits per heavy atom. The van der Waals surface area contributed by atoms with E-state index in [2.05, 4.69) is 10.6 Å². The van der Waals surface area contributed by atoms with E-state index in [4.69, 9.17) is 101 Å². The minimum absolute atomic E-state index is 0.461. The molecule has 0 spiro atoms. The van der Waals surface area contributed by atoms with Crippen molar-refractivity contribution in [3.63, 3.8) is 0 Å². The Hall–Kier alpha value is -4.14. The first kappa shape index (κ1) is 98.3. The lowest BCUT2D eigenvalue weighted by atomic mass is 9.91. The van der Waals surface area contributed by atoms with Crippen LogP contribution in [-0.4, -0.2) is 487 Å². The molecule has 678 valence electrons. The average Bonchev–Trinajstić information content (AvgIpc) is 0.747. The number of carbonyl (C=O) groups excluding carboxylic acids is 4. The summed E-state index contributed by atoms with van der Waals surface area (Å²) >= 11 is 0. The number of aliphatic carboxylic acids is 1. The van der Waals surface area contributed by atoms with E-state index in [1.54, 1.807) is 0 Å². The number of ether oxygens (including phenoxy) is 17. The number of carboxylic acid groups (broad SMARTS) is 1. The van der Waals surface area contributed by atoms with Crippen LogP contribution >= 0.6 is 7.82 Å². The van der Waals surface area contributed by atoms with Crippen LogP contribution in [0.5, 0.6) is 0 Å². The molecule has 8 aliphatic heterocycles. The van der Waals surface area contributed by atoms with Crippen LogP contribution in [0.3, 0.4) is 0 Å². The number of carbonyl (C=O) groups is 5. The third kappa shape index (κ3) is 22.9. The fraction of sp³-hybridized carbons (Fsp3) is 0.919. The fourth-order valence-electron chi connectivity index (χ4n) is 14.1. The summed E-state index contributed by atoms with van der Waals surface area (Å²) in [5, 5.41) is 274. The molecule has 2 amide bonds. The van der Waals surface area contributed by atoms with Crippen LogP contribution in [0.1, 0.15) is 27.2 Å². The quantitative estimate of drug-likeness (QED) is 0.0205. The predicted molar refractivity (Wildman–Crippen MR) is 357 cm³/mol. The van der Waals surface area contributed by atoms with Crippen molar-refractivity contribution in [2.45, 2.75) is 284 Å². The lowest BCUT2D eigenvalue weighted by Gasteiger charge is -2.52. The molecule has 0 aromatic rings. The van der Waals surface area contributed by atoms with Crippen LogP contribution in [0.15, 0.2) is 0 Å². The first-order valence-electron chi connectivity index (χ1n) is 36.3. The zero-order valence-electron chi connectivity index (χ0n) is 62.1. The highest BCUT2D eigenvalue weighted by Gasteiger charge is 2.63. The smallest absolute Gasteiger partial charge is 0.472 e. The van der Waals surface area contributed by atoms with Crippen LogP contribution in [0, 0.1) is 0 Å². The van der Waals surface area contributed by atoms with Crippen LogP contribution in [0.4, 0.5) is 0 Å². The number of hydrogen-bond donors (Lipinski definition) is 29. The van der Waals surface area contributed by atoms with Crippen molar-refractivity contribution < 1.29 is 246 Å². The first-order chi connectivity index (χ1) is 55.1. The number of aliphatic hydroxyl groups excluding tert-OH is 22. The summed E-state index contributed by atoms with van der Waals surface area (Å²) < 4.78 is 123. The number of hydrogen-bond acceptors (Lipinski definition) is 50. The van der Waals surface area contributed by atoms with E-state index in [-0.39, 0.29) is 0 Å². The molecular weight excluding hydrogens is 1630 g/mol. The highest BCUT2D eigenvalue weighted by Crippen LogP contribution is 2.48. The third-order valence-corrected chi connectivity index (χ3v) is 21.0. The van der Waals surface area contributed by atoms with Crippen molar-refractivity contribution in [3.8, 4) is 0 Å². The van der Waals surface area contributed by atoms with E-state index in [1.165, 1.54) is 0 Å². The third-order valence-electron chi connectivity index (χ3n) is 20.0. The molecule has 55 heteroatoms. The molecule has 0 saturated carbocycles. The molecule has 43 atom stereocenters. The minimum Gasteiger partial charge on any atom is -0.477 e. The van der Waals surface area contributed by atoms with E-state index in [0.29, 0.717) is 0 Å². The van der Waals surface area contributed by atoms with Gasteiger partial charge in [0.2, 0.25) is 11.8 Å². The largest absolute Gasteiger partial charge is 0.477 e. The topological polar surface area (TPSA) is 860 Å². The molecular formula is C62H105N4O50P. The van der Waals surface area contributed by atoms with Crippen molar-refractivity contribution in [1.82, 2.24) is 10.6 Å². The van der Waals surface area contributed by atoms with E-state index < -0.39 is 374 Å². The van der Waals surface area contributed by atoms with Gasteiger partial charge in [-0.3, -0.25) is 28.2 Å². The Labute approximate surface area is 660 Å². The van der Waals surface area contributed by atoms with Crippen molar-refractivity contribution in [3.05, 3.63) is 0 Å². The molecule has 117 heavy (non-hydrogen) atoms. The van der Waals surface area contributed by atoms with Crippen LogP contribution in [0.25, 0.3) is 0 Å². The van der Waals surface area contributed by atoms with Crippen molar-refractivity contribution in [2.24, 2.45) is 11.5 Å². The van der Waals surface area contributed by atoms with Gasteiger partial charge in [0.05, 0.1) is 65.5 Å². The molecule has 0 aromatic heterocycles. The molecule has 0 aliphatic carbocycles. The Morgan fingerprint density at radius 2 is 0.889 bits per heavy atom. The van der Waals surface area contributed by atoms with Gasteiger partial charge in [0, 0.05) is 33.7 Å². The van der Waals surface area contributed by atoms with Gasteiger partial charge in [0.15, 0.2) is 50.1 Å². The van der Waals surface area contributed by atoms with Crippen molar-refractivity contribution in [1.29, 1.82) is 0 Å². The van der Waals surface area contributed by atoms with E-state index in [1.807, 2.05) is 0 Å². The standard InChI is InChI=1S/C62H105N4O50P/c1-16(74)65-29-34(84)46(108-56-39(89)35(85)31(81)22(10-69)102-56)25(13-72)104-54(29)111-50-33(83)24(12-71)103-58(41(50)91)109-47-26(14-73)105-57(40(90)38(47)88)114-53-44(20(78)8-67)107-59(106-43-19(77)6-62(95,61(93)94)115-45(43)21(79)9-68)42(92)51(53)112-60-52(113-55-30(66-17(2)75)49(100-18(3)76)32(82)23(11-70)101-55)37(87)36(86)48(110-60)27(15-98-28(80)7-64)116-117(96,97)99-5-4-63/h19-27,29-60,67-73,77-79,81-92,95H,4-15,63-64H2,1-3H3,(H,65,74)(H,66,75)(H,93,94)(H,96,97). The number of amides is 2. The highest BCUT2D eigenvalue weighted by atomic mass is 31.2. The SMILES string of the molecule is CC(=O)NC1C(OC2C(O)C(CO)OC(OC3C(CO)OC(OC4C(C(O)CO)OC(OC5C(O)CC(O)(C(=O)O)OC5C(O)CO)C(O)C4OC4OC(C(COC(=O)CN)OP(=O)(O)OCCN)C(O)C(O)C4OC4OC(CO)C(O)C(OC(C)=O)C4NC(C)=O)C(O)C3O)C2O)OC(CO)C(OC2OC(CO)C(O)C(O)C2O)C1O. The van der Waals surface area contributed by atoms with E-state index in [0.717, 1.165) is 20.8 Å². The maximum Gasteiger partial charge on any atom is 0.472 e. The van der Waals surface area contributed by atoms with Gasteiger partial charge in [-0.1, -0.05) is 0 Å². The van der Waals surface area contributed by atoms with Gasteiger partial charge in [-0.25, -0.2) is 9.36 Å². The summed E-state index contributed by atoms with van der Waals surface area (Å²) in [6.45, 7) is -9.44. The summed E-state index contributed by atoms with van der Waals surface area (Å²) in [4.78, 5) is 74.2. The van der Waals surface area contributed by atoms with Gasteiger partial charge in [0.25, 0.3) is 5.79 Å². The van der Waals surface area contributed by atoms with Gasteiger partial charge in [-0.05, 0) is 0 Å². The normalized spacial score (nSPS) is 44.7. The number of rotatable bonds is 36. The molecule has 31 N–H and O–H groups in total. The number of carboxylic acids is 1. The lowest BCUT2D eigenvalue weighted by molar-refractivity contribution is -0.415. The molecule has 43 unspecified atom stereocenters. The number of phosphoric ester groups is 1. The number of aliphatic hydroxyl groups is 23. The first-order valence-corrected chi connectivity index (χ1v) is 37.8. The highest BCUT2D eigenvalue weighted by molar-refractivity contribution is 7.47. The zero-order valence-corrected chi connectivity index (χ0v) is 63.0. The molecule has 8 saturated heterocycles. The lowest BCUT2D eigenvalue weighted by Crippen LogP contribution is -2.71. The Kier molecular flexibility index (Phi) is 36.1. The summed E-state index contributed by atoms with van der Waals surface area (Å²) in [6, 6.07) is -3.87. The van der Waals surface area contributed by atoms with Crippen LogP contribution in [0.2, 0.25) is 0 Å². The zero-order chi connectivity index (χ0) is 86.9. The van der Waals surface area contributed by atoms with Gasteiger partial charge in [0.1, 0.15) is 202 Å². The van der Waals surface area contributed by atoms with Gasteiger partial charge >= 0.3 is 25.7 Å². The van der Waals surface area contributed by atoms with Crippen LogP contribution in [-0.2, 0) is 118 Å². The van der Waals surface area contributed by atoms with Crippen molar-refractivity contribution in [2.75, 3.05) is 72.6 Å². The molecule has 8 aliphatic rings. The molecule has 8 heterocycles. The molecule has 0 bridgehead atoms. The van der Waals surface area contributed by atoms with Gasteiger partial charge < -0.3 is 230 Å². The number of nitrogens with one attached hydrogen (secondary N) is 2. The predicted octanol–water partition coefficient (Wildman–Crippen LogP) is -19.4. The van der Waals surface area contributed by atoms with Gasteiger partial charge in [-0.2, -0.15) is 0 Å². The fourth-order valence-corrected chi connectivity index (χ4v) is 15.1. The van der Waals surface area contributed by atoms with Crippen LogP contribution < -0.4 is 22.1 Å². The second kappa shape index (κ2) is 43.0. The molecule has 0 radical (unpaired) electrons. The Bertz CT molecular complexity index is 3210. The summed E-state index contributed by atoms with van der Waals surface area (Å²) in [5.41, 5.74) is 10.9. The minimum atomic E-state index is -5.54. The molecule has 8 rings (SSSR count). The second-order valence-corrected chi connectivity index (χ2v) is 29.7. The molecule has 8 fully saturated rings. The Morgan fingerprint density at radius 3 is 1.43 bits per heavy atom. The monoisotopic (exact) mass is 1740 g/mol.